The van der Waals surface area contributed by atoms with Crippen LogP contribution in [-0.2, 0) is 0 Å². The lowest BCUT2D eigenvalue weighted by Crippen LogP contribution is -1.77. The summed E-state index contributed by atoms with van der Waals surface area (Å²) in [7, 11) is 0. The fraction of sp³-hybridized carbons (Fsp3) is 0.100. The highest BCUT2D eigenvalue weighted by atomic mass is 127. The minimum atomic E-state index is 0.567. The predicted molar refractivity (Wildman–Crippen MR) is 71.7 cm³/mol. The Labute approximate surface area is 107 Å². The Balaban J connectivity index is 0.000000461. The second-order valence-electron chi connectivity index (χ2n) is 2.46. The molecule has 0 aliphatic rings. The molecule has 0 amide bonds. The van der Waals surface area contributed by atoms with Crippen molar-refractivity contribution in [3.63, 3.8) is 0 Å². The second-order valence-corrected chi connectivity index (χ2v) is 3.24. The lowest BCUT2D eigenvalue weighted by atomic mass is 10.2. The molecule has 0 bridgehead atoms. The Morgan fingerprint density at radius 1 is 1.14 bits per heavy atom. The molecule has 0 atom stereocenters. The maximum absolute atomic E-state index is 5.95. The summed E-state index contributed by atoms with van der Waals surface area (Å²) in [6, 6.07) is 5.61. The molecule has 1 nitrogen and oxygen atoms in total. The van der Waals surface area contributed by atoms with E-state index in [1.165, 1.54) is 0 Å². The first-order valence-corrected chi connectivity index (χ1v) is 6.76. The van der Waals surface area contributed by atoms with Crippen LogP contribution in [0.1, 0.15) is 0 Å². The van der Waals surface area contributed by atoms with Crippen molar-refractivity contribution in [3.8, 4) is 0 Å². The Morgan fingerprint density at radius 3 is 2.57 bits per heavy atom. The summed E-state index contributed by atoms with van der Waals surface area (Å²) in [5.74, 6) is 0. The topological polar surface area (TPSA) is 12.9 Å². The molecule has 0 spiro atoms. The van der Waals surface area contributed by atoms with E-state index in [9.17, 15) is 0 Å². The molecule has 14 heavy (non-hydrogen) atoms. The van der Waals surface area contributed by atoms with Crippen molar-refractivity contribution in [2.45, 2.75) is 0 Å². The number of rotatable bonds is 0. The zero-order chi connectivity index (χ0) is 10.6. The molecule has 0 aliphatic heterocycles. The smallest absolute Gasteiger partial charge is 0.0686 e. The van der Waals surface area contributed by atoms with E-state index in [4.69, 9.17) is 23.2 Å². The van der Waals surface area contributed by atoms with Crippen LogP contribution < -0.4 is 0 Å². The van der Waals surface area contributed by atoms with Gasteiger partial charge in [-0.3, -0.25) is 4.98 Å². The van der Waals surface area contributed by atoms with E-state index < -0.39 is 0 Å². The number of aromatic nitrogens is 1. The van der Waals surface area contributed by atoms with Crippen molar-refractivity contribution < 1.29 is 0 Å². The lowest BCUT2D eigenvalue weighted by molar-refractivity contribution is 1.36. The van der Waals surface area contributed by atoms with Gasteiger partial charge in [-0.05, 0) is 22.4 Å². The van der Waals surface area contributed by atoms with Crippen LogP contribution >= 0.6 is 45.8 Å². The summed E-state index contributed by atoms with van der Waals surface area (Å²) >= 11 is 13.9. The average molecular weight is 340 g/mol. The van der Waals surface area contributed by atoms with Gasteiger partial charge in [0.15, 0.2) is 0 Å². The van der Waals surface area contributed by atoms with Gasteiger partial charge in [0.05, 0.1) is 10.0 Å². The minimum absolute atomic E-state index is 0.567. The summed E-state index contributed by atoms with van der Waals surface area (Å²) in [6.07, 6.45) is 3.44. The molecule has 2 rings (SSSR count). The molecule has 1 aromatic carbocycles. The molecule has 0 N–H and O–H groups in total. The van der Waals surface area contributed by atoms with Crippen molar-refractivity contribution in [3.05, 3.63) is 40.6 Å². The Hall–Kier alpha value is -0.0600. The highest BCUT2D eigenvalue weighted by molar-refractivity contribution is 14.1. The van der Waals surface area contributed by atoms with Crippen molar-refractivity contribution in [1.29, 1.82) is 0 Å². The normalized spacial score (nSPS) is 9.43. The third-order valence-corrected chi connectivity index (χ3v) is 2.53. The molecular formula is C10H8Cl2IN. The molecule has 74 valence electrons. The number of nitrogens with zero attached hydrogens (tertiary/aromatic N) is 1. The Bertz CT molecular complexity index is 431. The van der Waals surface area contributed by atoms with Crippen LogP contribution in [0, 0.1) is 0 Å². The van der Waals surface area contributed by atoms with Crippen LogP contribution in [0.5, 0.6) is 0 Å². The molecule has 0 aliphatic carbocycles. The number of fused-ring (bicyclic) bond motifs is 1. The molecule has 2 aromatic rings. The van der Waals surface area contributed by atoms with Gasteiger partial charge in [-0.1, -0.05) is 51.9 Å². The van der Waals surface area contributed by atoms with E-state index in [2.05, 4.69) is 27.6 Å². The third-order valence-electron chi connectivity index (χ3n) is 1.71. The van der Waals surface area contributed by atoms with Gasteiger partial charge in [0.1, 0.15) is 0 Å². The molecule has 1 aromatic heterocycles. The zero-order valence-corrected chi connectivity index (χ0v) is 11.1. The summed E-state index contributed by atoms with van der Waals surface area (Å²) in [4.78, 5) is 5.94. The van der Waals surface area contributed by atoms with E-state index in [1.54, 1.807) is 18.5 Å². The predicted octanol–water partition coefficient (Wildman–Crippen LogP) is 4.59. The molecule has 0 fully saturated rings. The first-order chi connectivity index (χ1) is 6.79. The number of halogens is 3. The fourth-order valence-electron chi connectivity index (χ4n) is 1.10. The molecule has 4 heteroatoms. The highest BCUT2D eigenvalue weighted by Gasteiger charge is 2.01. The largest absolute Gasteiger partial charge is 0.264 e. The van der Waals surface area contributed by atoms with Gasteiger partial charge in [0.25, 0.3) is 0 Å². The summed E-state index contributed by atoms with van der Waals surface area (Å²) in [6.45, 7) is 0. The third kappa shape index (κ3) is 2.49. The first-order valence-electron chi connectivity index (χ1n) is 3.84. The number of hydrogen-bond acceptors (Lipinski definition) is 1. The van der Waals surface area contributed by atoms with Gasteiger partial charge in [-0.25, -0.2) is 0 Å². The van der Waals surface area contributed by atoms with Crippen molar-refractivity contribution >= 4 is 56.6 Å². The van der Waals surface area contributed by atoms with E-state index in [0.29, 0.717) is 10.0 Å². The monoisotopic (exact) mass is 339 g/mol. The molecule has 0 radical (unpaired) electrons. The van der Waals surface area contributed by atoms with Gasteiger partial charge < -0.3 is 0 Å². The van der Waals surface area contributed by atoms with Crippen molar-refractivity contribution in [2.24, 2.45) is 0 Å². The standard InChI is InChI=1S/C9H5Cl2N.CH3I/c10-8-2-1-6-3-4-12-5-7(6)9(8)11;1-2/h1-5H;1H3. The van der Waals surface area contributed by atoms with E-state index >= 15 is 0 Å². The van der Waals surface area contributed by atoms with Crippen LogP contribution in [0.15, 0.2) is 30.6 Å². The minimum Gasteiger partial charge on any atom is -0.264 e. The number of alkyl halides is 1. The van der Waals surface area contributed by atoms with Crippen LogP contribution in [0.3, 0.4) is 0 Å². The zero-order valence-electron chi connectivity index (χ0n) is 7.47. The van der Waals surface area contributed by atoms with Crippen LogP contribution in [0.2, 0.25) is 10.0 Å². The number of pyridine rings is 1. The van der Waals surface area contributed by atoms with Gasteiger partial charge in [0, 0.05) is 17.8 Å². The molecule has 1 heterocycles. The number of benzene rings is 1. The first kappa shape index (κ1) is 12.0. The van der Waals surface area contributed by atoms with E-state index in [-0.39, 0.29) is 0 Å². The molecule has 0 saturated heterocycles. The average Bonchev–Trinajstić information content (AvgIpc) is 2.27. The van der Waals surface area contributed by atoms with Crippen LogP contribution in [-0.4, -0.2) is 9.91 Å². The van der Waals surface area contributed by atoms with Crippen LogP contribution in [0.25, 0.3) is 10.8 Å². The second kappa shape index (κ2) is 5.73. The number of hydrogen-bond donors (Lipinski definition) is 0. The van der Waals surface area contributed by atoms with Crippen molar-refractivity contribution in [2.75, 3.05) is 4.93 Å². The fourth-order valence-corrected chi connectivity index (χ4v) is 1.48. The SMILES string of the molecule is CI.Clc1ccc2ccncc2c1Cl. The quantitative estimate of drug-likeness (QED) is 0.505. The Morgan fingerprint density at radius 2 is 1.86 bits per heavy atom. The van der Waals surface area contributed by atoms with Gasteiger partial charge in [0.2, 0.25) is 0 Å². The highest BCUT2D eigenvalue weighted by Crippen LogP contribution is 2.29. The lowest BCUT2D eigenvalue weighted by Gasteiger charge is -2.00. The molecule has 0 saturated carbocycles. The van der Waals surface area contributed by atoms with Crippen molar-refractivity contribution in [1.82, 2.24) is 4.98 Å². The van der Waals surface area contributed by atoms with E-state index in [1.807, 2.05) is 17.1 Å². The molecule has 0 unspecified atom stereocenters. The van der Waals surface area contributed by atoms with Gasteiger partial charge in [-0.15, -0.1) is 0 Å². The maximum Gasteiger partial charge on any atom is 0.0686 e. The van der Waals surface area contributed by atoms with E-state index in [0.717, 1.165) is 10.8 Å². The summed E-state index contributed by atoms with van der Waals surface area (Å²) in [5, 5.41) is 3.09. The van der Waals surface area contributed by atoms with Crippen LogP contribution in [0.4, 0.5) is 0 Å². The molecular weight excluding hydrogens is 332 g/mol. The summed E-state index contributed by atoms with van der Waals surface area (Å²) in [5.41, 5.74) is 0. The van der Waals surface area contributed by atoms with Gasteiger partial charge >= 0.3 is 0 Å². The summed E-state index contributed by atoms with van der Waals surface area (Å²) < 4.78 is 0. The van der Waals surface area contributed by atoms with Gasteiger partial charge in [-0.2, -0.15) is 0 Å². The Kier molecular flexibility index (Phi) is 4.92. The maximum atomic E-state index is 5.95.